The largest absolute Gasteiger partial charge is 0.385 e. The first-order chi connectivity index (χ1) is 10.1. The minimum atomic E-state index is 0.129. The number of carbonyl (C=O) groups excluding carboxylic acids is 1. The number of carbonyl (C=O) groups is 1. The molecule has 1 atom stereocenters. The van der Waals surface area contributed by atoms with Gasteiger partial charge in [0.25, 0.3) is 5.91 Å². The normalized spacial score (nSPS) is 19.2. The molecule has 21 heavy (non-hydrogen) atoms. The maximum Gasteiger partial charge on any atom is 0.257 e. The number of likely N-dealkylation sites (tertiary alicyclic amines) is 1. The van der Waals surface area contributed by atoms with Crippen LogP contribution in [-0.4, -0.2) is 46.9 Å². The van der Waals surface area contributed by atoms with Crippen LogP contribution >= 0.6 is 0 Å². The van der Waals surface area contributed by atoms with E-state index in [0.29, 0.717) is 11.6 Å². The summed E-state index contributed by atoms with van der Waals surface area (Å²) in [5.74, 6) is 0.129. The van der Waals surface area contributed by atoms with E-state index in [1.807, 2.05) is 15.8 Å². The Kier molecular flexibility index (Phi) is 5.79. The van der Waals surface area contributed by atoms with Crippen LogP contribution in [-0.2, 0) is 4.74 Å². The van der Waals surface area contributed by atoms with Crippen molar-refractivity contribution in [2.75, 3.05) is 20.3 Å². The average molecular weight is 293 g/mol. The van der Waals surface area contributed by atoms with E-state index < -0.39 is 0 Å². The third kappa shape index (κ3) is 4.06. The highest BCUT2D eigenvalue weighted by atomic mass is 16.5. The maximum absolute atomic E-state index is 12.7. The van der Waals surface area contributed by atoms with Crippen LogP contribution in [0.15, 0.2) is 12.4 Å². The number of nitrogens with zero attached hydrogens (tertiary/aromatic N) is 3. The van der Waals surface area contributed by atoms with Gasteiger partial charge in [0, 0.05) is 38.5 Å². The lowest BCUT2D eigenvalue weighted by atomic mass is 9.97. The van der Waals surface area contributed by atoms with Crippen LogP contribution < -0.4 is 0 Å². The Bertz CT molecular complexity index is 456. The molecule has 2 rings (SSSR count). The standard InChI is InChI=1S/C16H27N3O2/c1-13(2)19-12-14(11-17-19)16(20)18-9-5-4-7-15(18)8-6-10-21-3/h11-13,15H,4-10H2,1-3H3/t15-/m0/s1. The molecule has 0 radical (unpaired) electrons. The van der Waals surface area contributed by atoms with Gasteiger partial charge in [0.2, 0.25) is 0 Å². The highest BCUT2D eigenvalue weighted by Crippen LogP contribution is 2.23. The third-order valence-electron chi connectivity index (χ3n) is 4.15. The number of amides is 1. The van der Waals surface area contributed by atoms with Crippen molar-refractivity contribution in [3.05, 3.63) is 18.0 Å². The summed E-state index contributed by atoms with van der Waals surface area (Å²) in [6.07, 6.45) is 9.02. The van der Waals surface area contributed by atoms with Crippen LogP contribution in [0.3, 0.4) is 0 Å². The number of hydrogen-bond donors (Lipinski definition) is 0. The molecule has 0 bridgehead atoms. The predicted octanol–water partition coefficient (Wildman–Crippen LogP) is 2.89. The number of aromatic nitrogens is 2. The molecule has 1 aliphatic rings. The number of ether oxygens (including phenoxy) is 1. The van der Waals surface area contributed by atoms with Gasteiger partial charge in [-0.05, 0) is 46.0 Å². The van der Waals surface area contributed by atoms with Crippen LogP contribution in [0.2, 0.25) is 0 Å². The molecule has 0 aliphatic carbocycles. The Labute approximate surface area is 127 Å². The van der Waals surface area contributed by atoms with Crippen molar-refractivity contribution in [1.29, 1.82) is 0 Å². The van der Waals surface area contributed by atoms with Crippen molar-refractivity contribution in [1.82, 2.24) is 14.7 Å². The summed E-state index contributed by atoms with van der Waals surface area (Å²) in [4.78, 5) is 14.8. The predicted molar refractivity (Wildman–Crippen MR) is 82.4 cm³/mol. The van der Waals surface area contributed by atoms with Gasteiger partial charge in [-0.15, -0.1) is 0 Å². The molecule has 0 unspecified atom stereocenters. The quantitative estimate of drug-likeness (QED) is 0.758. The Balaban J connectivity index is 2.03. The fourth-order valence-corrected chi connectivity index (χ4v) is 2.93. The zero-order valence-electron chi connectivity index (χ0n) is 13.4. The van der Waals surface area contributed by atoms with E-state index in [-0.39, 0.29) is 11.9 Å². The Morgan fingerprint density at radius 2 is 2.29 bits per heavy atom. The minimum Gasteiger partial charge on any atom is -0.385 e. The van der Waals surface area contributed by atoms with Gasteiger partial charge in [-0.1, -0.05) is 0 Å². The minimum absolute atomic E-state index is 0.129. The summed E-state index contributed by atoms with van der Waals surface area (Å²) in [6, 6.07) is 0.634. The van der Waals surface area contributed by atoms with Crippen molar-refractivity contribution < 1.29 is 9.53 Å². The van der Waals surface area contributed by atoms with Crippen LogP contribution in [0.4, 0.5) is 0 Å². The van der Waals surface area contributed by atoms with Gasteiger partial charge >= 0.3 is 0 Å². The van der Waals surface area contributed by atoms with Crippen LogP contribution in [0.25, 0.3) is 0 Å². The van der Waals surface area contributed by atoms with E-state index in [2.05, 4.69) is 18.9 Å². The van der Waals surface area contributed by atoms with Gasteiger partial charge < -0.3 is 9.64 Å². The smallest absolute Gasteiger partial charge is 0.257 e. The molecule has 1 fully saturated rings. The Morgan fingerprint density at radius 1 is 1.48 bits per heavy atom. The second kappa shape index (κ2) is 7.59. The molecule has 0 aromatic carbocycles. The first kappa shape index (κ1) is 16.0. The van der Waals surface area contributed by atoms with Gasteiger partial charge in [-0.25, -0.2) is 0 Å². The Hall–Kier alpha value is -1.36. The fourth-order valence-electron chi connectivity index (χ4n) is 2.93. The van der Waals surface area contributed by atoms with Crippen molar-refractivity contribution >= 4 is 5.91 Å². The van der Waals surface area contributed by atoms with Crippen molar-refractivity contribution in [2.24, 2.45) is 0 Å². The summed E-state index contributed by atoms with van der Waals surface area (Å²) in [5.41, 5.74) is 0.711. The molecule has 0 saturated carbocycles. The molecule has 5 heteroatoms. The van der Waals surface area contributed by atoms with Crippen molar-refractivity contribution in [3.8, 4) is 0 Å². The highest BCUT2D eigenvalue weighted by molar-refractivity contribution is 5.94. The lowest BCUT2D eigenvalue weighted by Crippen LogP contribution is -2.43. The van der Waals surface area contributed by atoms with E-state index >= 15 is 0 Å². The molecule has 0 spiro atoms. The second-order valence-electron chi connectivity index (χ2n) is 6.09. The van der Waals surface area contributed by atoms with E-state index in [0.717, 1.165) is 38.8 Å². The third-order valence-corrected chi connectivity index (χ3v) is 4.15. The molecule has 5 nitrogen and oxygen atoms in total. The molecular weight excluding hydrogens is 266 g/mol. The summed E-state index contributed by atoms with van der Waals surface area (Å²) in [5, 5.41) is 4.28. The molecule has 1 aromatic rings. The summed E-state index contributed by atoms with van der Waals surface area (Å²) in [7, 11) is 1.73. The molecule has 118 valence electrons. The lowest BCUT2D eigenvalue weighted by molar-refractivity contribution is 0.0585. The van der Waals surface area contributed by atoms with Crippen molar-refractivity contribution in [3.63, 3.8) is 0 Å². The van der Waals surface area contributed by atoms with Crippen LogP contribution in [0.1, 0.15) is 62.4 Å². The van der Waals surface area contributed by atoms with Gasteiger partial charge in [0.1, 0.15) is 0 Å². The molecule has 1 aromatic heterocycles. The Morgan fingerprint density at radius 3 is 2.95 bits per heavy atom. The highest BCUT2D eigenvalue weighted by Gasteiger charge is 2.27. The van der Waals surface area contributed by atoms with Crippen molar-refractivity contribution in [2.45, 2.75) is 58.0 Å². The molecule has 2 heterocycles. The zero-order valence-corrected chi connectivity index (χ0v) is 13.4. The molecule has 1 saturated heterocycles. The molecule has 0 N–H and O–H groups in total. The second-order valence-corrected chi connectivity index (χ2v) is 6.09. The monoisotopic (exact) mass is 293 g/mol. The fraction of sp³-hybridized carbons (Fsp3) is 0.750. The number of piperidine rings is 1. The first-order valence-corrected chi connectivity index (χ1v) is 7.97. The maximum atomic E-state index is 12.7. The van der Waals surface area contributed by atoms with Gasteiger partial charge in [-0.3, -0.25) is 9.48 Å². The number of hydrogen-bond acceptors (Lipinski definition) is 3. The van der Waals surface area contributed by atoms with E-state index in [4.69, 9.17) is 4.74 Å². The zero-order chi connectivity index (χ0) is 15.2. The molecular formula is C16H27N3O2. The van der Waals surface area contributed by atoms with Crippen LogP contribution in [0, 0.1) is 0 Å². The topological polar surface area (TPSA) is 47.4 Å². The van der Waals surface area contributed by atoms with E-state index in [1.54, 1.807) is 13.3 Å². The summed E-state index contributed by atoms with van der Waals surface area (Å²) >= 11 is 0. The average Bonchev–Trinajstić information content (AvgIpc) is 2.97. The molecule has 1 aliphatic heterocycles. The van der Waals surface area contributed by atoms with Gasteiger partial charge in [-0.2, -0.15) is 5.10 Å². The van der Waals surface area contributed by atoms with Gasteiger partial charge in [0.15, 0.2) is 0 Å². The van der Waals surface area contributed by atoms with E-state index in [1.165, 1.54) is 6.42 Å². The van der Waals surface area contributed by atoms with Crippen LogP contribution in [0.5, 0.6) is 0 Å². The lowest BCUT2D eigenvalue weighted by Gasteiger charge is -2.35. The number of methoxy groups -OCH3 is 1. The summed E-state index contributed by atoms with van der Waals surface area (Å²) < 4.78 is 6.97. The SMILES string of the molecule is COCCC[C@@H]1CCCCN1C(=O)c1cnn(C(C)C)c1. The van der Waals surface area contributed by atoms with Gasteiger partial charge in [0.05, 0.1) is 11.8 Å². The first-order valence-electron chi connectivity index (χ1n) is 7.97. The van der Waals surface area contributed by atoms with E-state index in [9.17, 15) is 4.79 Å². The number of rotatable bonds is 6. The summed E-state index contributed by atoms with van der Waals surface area (Å²) in [6.45, 7) is 5.76. The molecule has 1 amide bonds.